The number of carbonyl (C=O) groups is 1. The summed E-state index contributed by atoms with van der Waals surface area (Å²) in [6.07, 6.45) is 3.90. The number of hydrogen-bond acceptors (Lipinski definition) is 4. The SMILES string of the molecule is CCn1c(CN2CCC3(CC2)C(=O)NN=C3C2CC2)c(Br)c(=O)n1-c1ccccc1. The normalized spacial score (nSPS) is 21.1. The molecule has 7 nitrogen and oxygen atoms in total. The predicted octanol–water partition coefficient (Wildman–Crippen LogP) is 2.90. The summed E-state index contributed by atoms with van der Waals surface area (Å²) >= 11 is 3.56. The highest BCUT2D eigenvalue weighted by molar-refractivity contribution is 9.10. The zero-order chi connectivity index (χ0) is 20.9. The first-order valence-corrected chi connectivity index (χ1v) is 11.5. The van der Waals surface area contributed by atoms with Crippen molar-refractivity contribution < 1.29 is 4.79 Å². The minimum atomic E-state index is -0.407. The molecule has 158 valence electrons. The molecule has 1 N–H and O–H groups in total. The average molecular weight is 472 g/mol. The van der Waals surface area contributed by atoms with Crippen LogP contribution >= 0.6 is 15.9 Å². The van der Waals surface area contributed by atoms with E-state index in [1.165, 1.54) is 0 Å². The highest BCUT2D eigenvalue weighted by Crippen LogP contribution is 2.45. The number of rotatable bonds is 5. The maximum atomic E-state index is 13.0. The molecule has 1 spiro atoms. The number of aromatic nitrogens is 2. The molecule has 30 heavy (non-hydrogen) atoms. The van der Waals surface area contributed by atoms with Crippen LogP contribution in [0.2, 0.25) is 0 Å². The van der Waals surface area contributed by atoms with Crippen molar-refractivity contribution in [1.29, 1.82) is 0 Å². The Morgan fingerprint density at radius 2 is 1.87 bits per heavy atom. The van der Waals surface area contributed by atoms with Gasteiger partial charge in [0.05, 0.1) is 22.5 Å². The van der Waals surface area contributed by atoms with Gasteiger partial charge in [-0.05, 0) is 73.8 Å². The van der Waals surface area contributed by atoms with Gasteiger partial charge in [-0.25, -0.2) is 10.1 Å². The number of amides is 1. The molecular weight excluding hydrogens is 446 g/mol. The molecule has 8 heteroatoms. The number of nitrogens with zero attached hydrogens (tertiary/aromatic N) is 4. The van der Waals surface area contributed by atoms with Gasteiger partial charge in [-0.15, -0.1) is 0 Å². The fraction of sp³-hybridized carbons (Fsp3) is 0.500. The number of para-hydroxylation sites is 1. The minimum Gasteiger partial charge on any atom is -0.297 e. The fourth-order valence-electron chi connectivity index (χ4n) is 4.94. The molecule has 3 aliphatic rings. The van der Waals surface area contributed by atoms with Crippen LogP contribution in [0.25, 0.3) is 5.69 Å². The van der Waals surface area contributed by atoms with Crippen molar-refractivity contribution in [2.45, 2.75) is 45.7 Å². The van der Waals surface area contributed by atoms with Gasteiger partial charge in [-0.3, -0.25) is 19.2 Å². The van der Waals surface area contributed by atoms with E-state index in [0.717, 1.165) is 55.9 Å². The van der Waals surface area contributed by atoms with E-state index in [4.69, 9.17) is 0 Å². The van der Waals surface area contributed by atoms with Crippen LogP contribution in [0.4, 0.5) is 0 Å². The van der Waals surface area contributed by atoms with Gasteiger partial charge in [0.15, 0.2) is 0 Å². The molecule has 3 heterocycles. The van der Waals surface area contributed by atoms with Gasteiger partial charge < -0.3 is 0 Å². The van der Waals surface area contributed by atoms with Gasteiger partial charge in [0, 0.05) is 19.0 Å². The second-order valence-corrected chi connectivity index (χ2v) is 9.29. The van der Waals surface area contributed by atoms with Crippen molar-refractivity contribution >= 4 is 27.5 Å². The third kappa shape index (κ3) is 3.08. The van der Waals surface area contributed by atoms with E-state index in [1.807, 2.05) is 35.0 Å². The zero-order valence-electron chi connectivity index (χ0n) is 17.1. The predicted molar refractivity (Wildman–Crippen MR) is 119 cm³/mol. The lowest BCUT2D eigenvalue weighted by Gasteiger charge is -2.38. The van der Waals surface area contributed by atoms with Crippen LogP contribution in [0.1, 0.15) is 38.3 Å². The Hall–Kier alpha value is -2.19. The van der Waals surface area contributed by atoms with Crippen LogP contribution in [0.15, 0.2) is 44.7 Å². The molecule has 1 aromatic carbocycles. The number of carbonyl (C=O) groups excluding carboxylic acids is 1. The molecule has 0 radical (unpaired) electrons. The van der Waals surface area contributed by atoms with Crippen LogP contribution in [0.3, 0.4) is 0 Å². The van der Waals surface area contributed by atoms with E-state index in [-0.39, 0.29) is 11.5 Å². The highest BCUT2D eigenvalue weighted by atomic mass is 79.9. The second-order valence-electron chi connectivity index (χ2n) is 8.50. The molecule has 0 bridgehead atoms. The molecule has 1 saturated carbocycles. The molecule has 1 aromatic heterocycles. The lowest BCUT2D eigenvalue weighted by molar-refractivity contribution is -0.128. The monoisotopic (exact) mass is 471 g/mol. The van der Waals surface area contributed by atoms with Gasteiger partial charge >= 0.3 is 0 Å². The zero-order valence-corrected chi connectivity index (χ0v) is 18.7. The molecule has 2 aromatic rings. The standard InChI is InChI=1S/C22H26BrN5O2/c1-2-27-17(18(23)20(29)28(27)16-6-4-3-5-7-16)14-26-12-10-22(11-13-26)19(15-8-9-15)24-25-21(22)30/h3-7,15H,2,8-14H2,1H3,(H,25,30). The van der Waals surface area contributed by atoms with E-state index < -0.39 is 5.41 Å². The maximum Gasteiger partial charge on any atom is 0.286 e. The number of likely N-dealkylation sites (tertiary alicyclic amines) is 1. The van der Waals surface area contributed by atoms with Gasteiger partial charge in [-0.2, -0.15) is 5.10 Å². The lowest BCUT2D eigenvalue weighted by atomic mass is 9.72. The van der Waals surface area contributed by atoms with E-state index >= 15 is 0 Å². The first-order chi connectivity index (χ1) is 14.5. The third-order valence-corrected chi connectivity index (χ3v) is 7.53. The molecule has 2 aliphatic heterocycles. The van der Waals surface area contributed by atoms with Crippen LogP contribution in [0, 0.1) is 11.3 Å². The van der Waals surface area contributed by atoms with Crippen molar-refractivity contribution in [3.05, 3.63) is 50.9 Å². The Morgan fingerprint density at radius 3 is 2.50 bits per heavy atom. The van der Waals surface area contributed by atoms with E-state index in [2.05, 4.69) is 38.3 Å². The topological polar surface area (TPSA) is 71.6 Å². The summed E-state index contributed by atoms with van der Waals surface area (Å²) in [7, 11) is 0. The summed E-state index contributed by atoms with van der Waals surface area (Å²) in [5.74, 6) is 0.570. The summed E-state index contributed by atoms with van der Waals surface area (Å²) in [6.45, 7) is 5.07. The summed E-state index contributed by atoms with van der Waals surface area (Å²) in [6, 6.07) is 9.74. The fourth-order valence-corrected chi connectivity index (χ4v) is 5.44. The molecule has 0 unspecified atom stereocenters. The third-order valence-electron chi connectivity index (χ3n) is 6.74. The summed E-state index contributed by atoms with van der Waals surface area (Å²) in [5, 5.41) is 4.40. The average Bonchev–Trinajstić information content (AvgIpc) is 3.52. The van der Waals surface area contributed by atoms with Gasteiger partial charge in [0.1, 0.15) is 4.47 Å². The van der Waals surface area contributed by atoms with Crippen LogP contribution in [-0.4, -0.2) is 39.0 Å². The van der Waals surface area contributed by atoms with Crippen molar-refractivity contribution in [2.24, 2.45) is 16.4 Å². The van der Waals surface area contributed by atoms with Crippen LogP contribution in [0.5, 0.6) is 0 Å². The Kier molecular flexibility index (Phi) is 4.94. The number of benzene rings is 1. The molecule has 2 fully saturated rings. The number of hydrazone groups is 1. The summed E-state index contributed by atoms with van der Waals surface area (Å²) in [5.41, 5.74) is 5.24. The van der Waals surface area contributed by atoms with Gasteiger partial charge in [0.25, 0.3) is 11.5 Å². The Bertz CT molecular complexity index is 1060. The second kappa shape index (κ2) is 7.50. The van der Waals surface area contributed by atoms with Gasteiger partial charge in [0.2, 0.25) is 0 Å². The number of hydrogen-bond donors (Lipinski definition) is 1. The largest absolute Gasteiger partial charge is 0.297 e. The molecule has 0 atom stereocenters. The van der Waals surface area contributed by atoms with Crippen molar-refractivity contribution in [1.82, 2.24) is 19.7 Å². The van der Waals surface area contributed by atoms with Crippen molar-refractivity contribution in [2.75, 3.05) is 13.1 Å². The van der Waals surface area contributed by atoms with Crippen LogP contribution in [-0.2, 0) is 17.9 Å². The molecule has 5 rings (SSSR count). The molecule has 1 aliphatic carbocycles. The molecule has 1 amide bonds. The Morgan fingerprint density at radius 1 is 1.17 bits per heavy atom. The molecule has 1 saturated heterocycles. The maximum absolute atomic E-state index is 13.0. The molecular formula is C22H26BrN5O2. The minimum absolute atomic E-state index is 0.0372. The summed E-state index contributed by atoms with van der Waals surface area (Å²) < 4.78 is 4.41. The van der Waals surface area contributed by atoms with Gasteiger partial charge in [-0.1, -0.05) is 18.2 Å². The van der Waals surface area contributed by atoms with Crippen LogP contribution < -0.4 is 11.0 Å². The van der Waals surface area contributed by atoms with Crippen molar-refractivity contribution in [3.8, 4) is 5.69 Å². The number of nitrogens with one attached hydrogen (secondary N) is 1. The summed E-state index contributed by atoms with van der Waals surface area (Å²) in [4.78, 5) is 28.0. The first kappa shape index (κ1) is 19.8. The number of piperidine rings is 1. The highest BCUT2D eigenvalue weighted by Gasteiger charge is 2.53. The van der Waals surface area contributed by atoms with E-state index in [1.54, 1.807) is 4.68 Å². The number of halogens is 1. The smallest absolute Gasteiger partial charge is 0.286 e. The first-order valence-electron chi connectivity index (χ1n) is 10.7. The Labute approximate surface area is 183 Å². The van der Waals surface area contributed by atoms with Crippen molar-refractivity contribution in [3.63, 3.8) is 0 Å². The quantitative estimate of drug-likeness (QED) is 0.728. The Balaban J connectivity index is 1.38. The lowest BCUT2D eigenvalue weighted by Crippen LogP contribution is -2.48. The van der Waals surface area contributed by atoms with E-state index in [0.29, 0.717) is 23.5 Å². The van der Waals surface area contributed by atoms with E-state index in [9.17, 15) is 9.59 Å².